The second-order valence-electron chi connectivity index (χ2n) is 7.37. The quantitative estimate of drug-likeness (QED) is 0.185. The summed E-state index contributed by atoms with van der Waals surface area (Å²) in [6.45, 7) is 0. The minimum atomic E-state index is 0. The number of hydrogen-bond acceptors (Lipinski definition) is 2. The molecule has 0 atom stereocenters. The van der Waals surface area contributed by atoms with Crippen LogP contribution in [0.3, 0.4) is 0 Å². The molecule has 4 heteroatoms. The Morgan fingerprint density at radius 2 is 0.588 bits per heavy atom. The maximum absolute atomic E-state index is 3.12. The van der Waals surface area contributed by atoms with Crippen LogP contribution in [0.1, 0.15) is 0 Å². The van der Waals surface area contributed by atoms with Crippen molar-refractivity contribution in [1.29, 1.82) is 0 Å². The van der Waals surface area contributed by atoms with Crippen LogP contribution < -0.4 is 9.80 Å². The molecule has 5 aromatic carbocycles. The molecule has 0 aliphatic rings. The molecule has 5 aromatic rings. The topological polar surface area (TPSA) is 6.48 Å². The monoisotopic (exact) mass is 588 g/mol. The SMILES string of the molecule is [Y].[Y].[c-]1ccc(N(c2ccccc2)c2ccc(N(c3cc[c-]cc3)c3ccccc3)cc2)cc1. The first-order chi connectivity index (χ1) is 15.9. The van der Waals surface area contributed by atoms with Crippen LogP contribution in [0, 0.1) is 12.1 Å². The van der Waals surface area contributed by atoms with Gasteiger partial charge in [-0.2, -0.15) is 36.4 Å². The van der Waals surface area contributed by atoms with E-state index >= 15 is 0 Å². The van der Waals surface area contributed by atoms with Crippen LogP contribution in [0.4, 0.5) is 34.1 Å². The van der Waals surface area contributed by atoms with Crippen molar-refractivity contribution < 1.29 is 65.4 Å². The van der Waals surface area contributed by atoms with Crippen molar-refractivity contribution in [3.63, 3.8) is 0 Å². The molecule has 0 aliphatic carbocycles. The predicted molar refractivity (Wildman–Crippen MR) is 133 cm³/mol. The molecule has 160 valence electrons. The van der Waals surface area contributed by atoms with Crippen LogP contribution in [0.25, 0.3) is 0 Å². The smallest absolute Gasteiger partial charge is 0.0439 e. The molecule has 0 spiro atoms. The van der Waals surface area contributed by atoms with Crippen LogP contribution >= 0.6 is 0 Å². The molecule has 0 aromatic heterocycles. The van der Waals surface area contributed by atoms with Gasteiger partial charge >= 0.3 is 0 Å². The number of benzene rings is 5. The van der Waals surface area contributed by atoms with Crippen LogP contribution in [0.15, 0.2) is 133 Å². The molecule has 2 nitrogen and oxygen atoms in total. The molecule has 34 heavy (non-hydrogen) atoms. The van der Waals surface area contributed by atoms with Crippen LogP contribution in [0.2, 0.25) is 0 Å². The Kier molecular flexibility index (Phi) is 10.2. The van der Waals surface area contributed by atoms with Crippen LogP contribution in [0.5, 0.6) is 0 Å². The van der Waals surface area contributed by atoms with Gasteiger partial charge in [-0.25, -0.2) is 0 Å². The summed E-state index contributed by atoms with van der Waals surface area (Å²) in [7, 11) is 0. The molecule has 0 bridgehead atoms. The molecule has 0 saturated carbocycles. The molecule has 0 fully saturated rings. The predicted octanol–water partition coefficient (Wildman–Crippen LogP) is 8.22. The Balaban J connectivity index is 0.00000162. The van der Waals surface area contributed by atoms with E-state index in [0.29, 0.717) is 0 Å². The third-order valence-corrected chi connectivity index (χ3v) is 5.31. The minimum Gasteiger partial charge on any atom is -0.334 e. The molecular weight excluding hydrogens is 566 g/mol. The van der Waals surface area contributed by atoms with Gasteiger partial charge < -0.3 is 9.80 Å². The van der Waals surface area contributed by atoms with E-state index in [1.807, 2.05) is 36.4 Å². The van der Waals surface area contributed by atoms with Crippen molar-refractivity contribution in [2.24, 2.45) is 0 Å². The van der Waals surface area contributed by atoms with Crippen molar-refractivity contribution in [3.8, 4) is 0 Å². The zero-order valence-electron chi connectivity index (χ0n) is 18.8. The fraction of sp³-hybridized carbons (Fsp3) is 0. The number of anilines is 6. The third-order valence-electron chi connectivity index (χ3n) is 5.31. The van der Waals surface area contributed by atoms with E-state index in [4.69, 9.17) is 0 Å². The first-order valence-electron chi connectivity index (χ1n) is 10.6. The molecular formula is C30H22N2Y2-2. The van der Waals surface area contributed by atoms with Crippen LogP contribution in [-0.2, 0) is 65.4 Å². The average molecular weight is 588 g/mol. The first-order valence-corrected chi connectivity index (χ1v) is 10.6. The van der Waals surface area contributed by atoms with Crippen molar-refractivity contribution in [1.82, 2.24) is 0 Å². The van der Waals surface area contributed by atoms with Gasteiger partial charge in [0.2, 0.25) is 0 Å². The molecule has 0 N–H and O–H groups in total. The largest absolute Gasteiger partial charge is 0.334 e. The van der Waals surface area contributed by atoms with E-state index in [-0.39, 0.29) is 65.4 Å². The maximum atomic E-state index is 3.12. The van der Waals surface area contributed by atoms with Crippen molar-refractivity contribution in [2.45, 2.75) is 0 Å². The van der Waals surface area contributed by atoms with E-state index in [1.165, 1.54) is 0 Å². The summed E-state index contributed by atoms with van der Waals surface area (Å²) in [5.41, 5.74) is 6.62. The van der Waals surface area contributed by atoms with E-state index < -0.39 is 0 Å². The zero-order valence-corrected chi connectivity index (χ0v) is 24.4. The summed E-state index contributed by atoms with van der Waals surface area (Å²) in [4.78, 5) is 4.50. The molecule has 0 unspecified atom stereocenters. The number of para-hydroxylation sites is 2. The van der Waals surface area contributed by atoms with Gasteiger partial charge in [0.25, 0.3) is 0 Å². The van der Waals surface area contributed by atoms with Gasteiger partial charge in [-0.3, -0.25) is 0 Å². The van der Waals surface area contributed by atoms with E-state index in [2.05, 4.69) is 119 Å². The summed E-state index contributed by atoms with van der Waals surface area (Å²) < 4.78 is 0. The van der Waals surface area contributed by atoms with Gasteiger partial charge in [-0.15, -0.1) is 24.3 Å². The first kappa shape index (κ1) is 26.5. The Morgan fingerprint density at radius 3 is 0.912 bits per heavy atom. The maximum Gasteiger partial charge on any atom is 0.0439 e. The molecule has 0 aliphatic heterocycles. The van der Waals surface area contributed by atoms with E-state index in [0.717, 1.165) is 34.1 Å². The fourth-order valence-corrected chi connectivity index (χ4v) is 3.85. The second-order valence-corrected chi connectivity index (χ2v) is 7.37. The number of nitrogens with zero attached hydrogens (tertiary/aromatic N) is 2. The zero-order chi connectivity index (χ0) is 21.6. The summed E-state index contributed by atoms with van der Waals surface area (Å²) >= 11 is 0. The van der Waals surface area contributed by atoms with E-state index in [1.54, 1.807) is 0 Å². The van der Waals surface area contributed by atoms with Gasteiger partial charge in [0.05, 0.1) is 0 Å². The van der Waals surface area contributed by atoms with Crippen molar-refractivity contribution >= 4 is 34.1 Å². The average Bonchev–Trinajstić information content (AvgIpc) is 2.88. The Hall–Kier alpha value is -2.09. The minimum absolute atomic E-state index is 0. The summed E-state index contributed by atoms with van der Waals surface area (Å²) in [5.74, 6) is 0. The number of hydrogen-bond donors (Lipinski definition) is 0. The van der Waals surface area contributed by atoms with Gasteiger partial charge in [-0.05, 0) is 48.5 Å². The second kappa shape index (κ2) is 13.1. The number of rotatable bonds is 6. The van der Waals surface area contributed by atoms with Gasteiger partial charge in [0.15, 0.2) is 0 Å². The van der Waals surface area contributed by atoms with Crippen molar-refractivity contribution in [2.75, 3.05) is 9.80 Å². The van der Waals surface area contributed by atoms with Crippen LogP contribution in [-0.4, -0.2) is 0 Å². The fourth-order valence-electron chi connectivity index (χ4n) is 3.85. The molecule has 0 amide bonds. The Bertz CT molecular complexity index is 1070. The molecule has 0 heterocycles. The van der Waals surface area contributed by atoms with E-state index in [9.17, 15) is 0 Å². The normalized spacial score (nSPS) is 9.88. The molecule has 0 saturated heterocycles. The molecule has 5 rings (SSSR count). The van der Waals surface area contributed by atoms with Gasteiger partial charge in [-0.1, -0.05) is 47.8 Å². The van der Waals surface area contributed by atoms with Gasteiger partial charge in [0.1, 0.15) is 0 Å². The Labute approximate surface area is 252 Å². The standard InChI is InChI=1S/C30H22N2.2Y/c1-5-13-25(14-6-1)31(26-15-7-2-8-16-26)29-21-23-30(24-22-29)32(27-17-9-3-10-18-27)28-19-11-4-12-20-28;;/h1,3,5-24H;;/q-2;;. The summed E-state index contributed by atoms with van der Waals surface area (Å²) in [5, 5.41) is 0. The third kappa shape index (κ3) is 6.12. The molecule has 2 radical (unpaired) electrons. The van der Waals surface area contributed by atoms with Crippen molar-refractivity contribution in [3.05, 3.63) is 146 Å². The Morgan fingerprint density at radius 1 is 0.324 bits per heavy atom. The summed E-state index contributed by atoms with van der Waals surface area (Å²) in [6.07, 6.45) is 0. The summed E-state index contributed by atoms with van der Waals surface area (Å²) in [6, 6.07) is 51.9. The van der Waals surface area contributed by atoms with Gasteiger partial charge in [0, 0.05) is 88.2 Å².